The van der Waals surface area contributed by atoms with Gasteiger partial charge in [-0.2, -0.15) is 6.42 Å². The zero-order valence-corrected chi connectivity index (χ0v) is 13.8. The molecule has 0 atom stereocenters. The molecule has 0 heterocycles. The Kier molecular flexibility index (Phi) is 7.13. The third-order valence-corrected chi connectivity index (χ3v) is 5.03. The Morgan fingerprint density at radius 2 is 1.25 bits per heavy atom. The van der Waals surface area contributed by atoms with E-state index in [1.54, 1.807) is 0 Å². The monoisotopic (exact) mass is 296 g/mol. The maximum absolute atomic E-state index is 4.06. The van der Waals surface area contributed by atoms with Gasteiger partial charge in [-0.25, -0.2) is 0 Å². The quantitative estimate of drug-likeness (QED) is 0.640. The average molecular weight is 296 g/mol. The molecule has 0 aromatic rings. The van der Waals surface area contributed by atoms with Crippen molar-refractivity contribution in [1.82, 2.24) is 0 Å². The maximum Gasteiger partial charge on any atom is 3.00 e. The van der Waals surface area contributed by atoms with E-state index in [9.17, 15) is 0 Å². The first kappa shape index (κ1) is 15.2. The Balaban J connectivity index is 0.00000128. The van der Waals surface area contributed by atoms with Gasteiger partial charge in [0.05, 0.1) is 0 Å². The first-order valence-corrected chi connectivity index (χ1v) is 7.08. The molecule has 0 aliphatic heterocycles. The Morgan fingerprint density at radius 3 is 1.69 bits per heavy atom. The fourth-order valence-corrected chi connectivity index (χ4v) is 3.71. The van der Waals surface area contributed by atoms with Gasteiger partial charge < -0.3 is 6.92 Å². The van der Waals surface area contributed by atoms with E-state index in [0.717, 1.165) is 23.7 Å². The third-order valence-electron chi connectivity index (χ3n) is 5.03. The van der Waals surface area contributed by atoms with Crippen LogP contribution < -0.4 is 0 Å². The molecule has 88 valence electrons. The molecule has 0 bridgehead atoms. The summed E-state index contributed by atoms with van der Waals surface area (Å²) >= 11 is 0. The van der Waals surface area contributed by atoms with Crippen LogP contribution >= 0.6 is 0 Å². The van der Waals surface area contributed by atoms with Gasteiger partial charge in [-0.15, -0.1) is 0 Å². The fraction of sp³-hybridized carbons (Fsp3) is 0.933. The van der Waals surface area contributed by atoms with Crippen molar-refractivity contribution in [2.75, 3.05) is 0 Å². The van der Waals surface area contributed by atoms with Crippen LogP contribution in [0.1, 0.15) is 64.7 Å². The van der Waals surface area contributed by atoms with Crippen molar-refractivity contribution in [3.63, 3.8) is 0 Å². The largest absolute Gasteiger partial charge is 3.00 e. The van der Waals surface area contributed by atoms with Crippen LogP contribution in [-0.4, -0.2) is 0 Å². The van der Waals surface area contributed by atoms with Crippen molar-refractivity contribution in [3.8, 4) is 0 Å². The van der Waals surface area contributed by atoms with Gasteiger partial charge in [-0.05, 0) is 30.6 Å². The molecular weight excluding hydrogens is 269 g/mol. The van der Waals surface area contributed by atoms with E-state index in [0.29, 0.717) is 0 Å². The summed E-state index contributed by atoms with van der Waals surface area (Å²) in [6.45, 7) is 6.48. The summed E-state index contributed by atoms with van der Waals surface area (Å²) in [5.41, 5.74) is 0. The first-order chi connectivity index (χ1) is 7.29. The van der Waals surface area contributed by atoms with Crippen molar-refractivity contribution in [2.24, 2.45) is 23.7 Å². The second-order valence-electron chi connectivity index (χ2n) is 6.09. The van der Waals surface area contributed by atoms with E-state index < -0.39 is 0 Å². The van der Waals surface area contributed by atoms with Crippen molar-refractivity contribution in [3.05, 3.63) is 6.92 Å². The van der Waals surface area contributed by atoms with E-state index in [1.807, 2.05) is 0 Å². The zero-order valence-electron chi connectivity index (χ0n) is 11.0. The second-order valence-corrected chi connectivity index (χ2v) is 6.09. The van der Waals surface area contributed by atoms with Gasteiger partial charge in [0, 0.05) is 0 Å². The second kappa shape index (κ2) is 7.52. The number of rotatable bonds is 2. The summed E-state index contributed by atoms with van der Waals surface area (Å²) < 4.78 is 0. The van der Waals surface area contributed by atoms with Gasteiger partial charge in [-0.3, -0.25) is 0 Å². The van der Waals surface area contributed by atoms with E-state index in [1.165, 1.54) is 57.8 Å². The molecule has 0 aromatic carbocycles. The Morgan fingerprint density at radius 1 is 0.812 bits per heavy atom. The van der Waals surface area contributed by atoms with Crippen LogP contribution in [0, 0.1) is 30.6 Å². The molecule has 2 saturated carbocycles. The smallest absolute Gasteiger partial charge is 0.343 e. The van der Waals surface area contributed by atoms with Gasteiger partial charge >= 0.3 is 32.7 Å². The Labute approximate surface area is 127 Å². The van der Waals surface area contributed by atoms with Gasteiger partial charge in [0.2, 0.25) is 0 Å². The van der Waals surface area contributed by atoms with Crippen LogP contribution in [-0.2, 0) is 32.7 Å². The molecule has 0 nitrogen and oxygen atoms in total. The van der Waals surface area contributed by atoms with Crippen molar-refractivity contribution >= 4 is 0 Å². The summed E-state index contributed by atoms with van der Waals surface area (Å²) in [6.07, 6.45) is 13.2. The molecule has 16 heavy (non-hydrogen) atoms. The third kappa shape index (κ3) is 4.09. The van der Waals surface area contributed by atoms with E-state index in [4.69, 9.17) is 0 Å². The summed E-state index contributed by atoms with van der Waals surface area (Å²) in [5.74, 6) is 4.15. The molecule has 0 amide bonds. The van der Waals surface area contributed by atoms with Crippen LogP contribution in [0.25, 0.3) is 0 Å². The molecule has 2 aliphatic rings. The predicted octanol–water partition coefficient (Wildman–Crippen LogP) is 4.84. The predicted molar refractivity (Wildman–Crippen MR) is 66.5 cm³/mol. The molecular formula is C15H27Y+2. The minimum Gasteiger partial charge on any atom is -0.343 e. The van der Waals surface area contributed by atoms with E-state index in [2.05, 4.69) is 13.8 Å². The minimum absolute atomic E-state index is 0. The van der Waals surface area contributed by atoms with Crippen LogP contribution in [0.4, 0.5) is 0 Å². The van der Waals surface area contributed by atoms with Crippen LogP contribution in [0.15, 0.2) is 0 Å². The molecule has 0 N–H and O–H groups in total. The molecule has 2 fully saturated rings. The molecule has 0 unspecified atom stereocenters. The molecule has 0 spiro atoms. The number of hydrogen-bond donors (Lipinski definition) is 0. The standard InChI is InChI=1S/C15H27.Y/c1-3-13-6-10-15(11-7-13)14-8-4-12(2)5-9-14;/h12-15H,1,3-11H2,2H3;/q-1;+3. The van der Waals surface area contributed by atoms with Crippen LogP contribution in [0.2, 0.25) is 0 Å². The molecule has 0 radical (unpaired) electrons. The summed E-state index contributed by atoms with van der Waals surface area (Å²) in [6, 6.07) is 0. The zero-order chi connectivity index (χ0) is 10.7. The van der Waals surface area contributed by atoms with Gasteiger partial charge in [0.25, 0.3) is 0 Å². The van der Waals surface area contributed by atoms with Crippen LogP contribution in [0.5, 0.6) is 0 Å². The van der Waals surface area contributed by atoms with Crippen molar-refractivity contribution in [1.29, 1.82) is 0 Å². The molecule has 0 aromatic heterocycles. The summed E-state index contributed by atoms with van der Waals surface area (Å²) in [5, 5.41) is 0. The number of hydrogen-bond acceptors (Lipinski definition) is 0. The van der Waals surface area contributed by atoms with Crippen molar-refractivity contribution in [2.45, 2.75) is 64.7 Å². The normalized spacial score (nSPS) is 40.1. The van der Waals surface area contributed by atoms with E-state index in [-0.39, 0.29) is 32.7 Å². The summed E-state index contributed by atoms with van der Waals surface area (Å²) in [7, 11) is 0. The fourth-order valence-electron chi connectivity index (χ4n) is 3.71. The molecule has 1 heteroatoms. The van der Waals surface area contributed by atoms with Gasteiger partial charge in [0.15, 0.2) is 0 Å². The van der Waals surface area contributed by atoms with Crippen LogP contribution in [0.3, 0.4) is 0 Å². The minimum atomic E-state index is 0. The van der Waals surface area contributed by atoms with Gasteiger partial charge in [0.1, 0.15) is 0 Å². The van der Waals surface area contributed by atoms with Crippen molar-refractivity contribution < 1.29 is 32.7 Å². The first-order valence-electron chi connectivity index (χ1n) is 7.08. The summed E-state index contributed by atoms with van der Waals surface area (Å²) in [4.78, 5) is 0. The topological polar surface area (TPSA) is 0 Å². The molecule has 2 rings (SSSR count). The molecule has 2 aliphatic carbocycles. The van der Waals surface area contributed by atoms with Gasteiger partial charge in [-0.1, -0.05) is 51.4 Å². The Bertz CT molecular complexity index is 174. The van der Waals surface area contributed by atoms with E-state index >= 15 is 0 Å². The average Bonchev–Trinajstić information content (AvgIpc) is 2.30. The SMILES string of the molecule is [CH2-]CC1CCC(C2CCC(C)CC2)CC1.[Y+3]. The maximum atomic E-state index is 4.06. The molecule has 0 saturated heterocycles. The Hall–Kier alpha value is 1.10.